The molecule has 0 N–H and O–H groups in total. The predicted octanol–water partition coefficient (Wildman–Crippen LogP) is 3.22. The van der Waals surface area contributed by atoms with E-state index in [2.05, 4.69) is 55.6 Å². The smallest absolute Gasteiger partial charge is 0.131 e. The minimum absolute atomic E-state index is 0.606. The third-order valence-corrected chi connectivity index (χ3v) is 3.28. The molecule has 0 atom stereocenters. The number of tetrazole rings is 1. The van der Waals surface area contributed by atoms with Crippen LogP contribution in [0.5, 0.6) is 0 Å². The number of rotatable bonds is 3. The highest BCUT2D eigenvalue weighted by molar-refractivity contribution is 9.08. The van der Waals surface area contributed by atoms with E-state index in [9.17, 15) is 0 Å². The largest absolute Gasteiger partial charge is 0.185 e. The zero-order valence-corrected chi connectivity index (χ0v) is 11.7. The molecule has 3 rings (SSSR count). The second-order valence-electron chi connectivity index (χ2n) is 4.04. The summed E-state index contributed by atoms with van der Waals surface area (Å²) in [6.45, 7) is 0. The molecule has 1 aromatic heterocycles. The van der Waals surface area contributed by atoms with Crippen molar-refractivity contribution in [2.75, 3.05) is 0 Å². The first-order chi connectivity index (χ1) is 9.36. The number of halogens is 1. The molecule has 0 aliphatic carbocycles. The summed E-state index contributed by atoms with van der Waals surface area (Å²) in [5.74, 6) is 0.673. The van der Waals surface area contributed by atoms with Gasteiger partial charge in [0.1, 0.15) is 0 Å². The van der Waals surface area contributed by atoms with Crippen LogP contribution < -0.4 is 0 Å². The van der Waals surface area contributed by atoms with Gasteiger partial charge in [0.25, 0.3) is 0 Å². The standard InChI is InChI=1S/C14H11BrN4/c15-10-14-16-18-19(17-14)13-8-6-12(7-9-13)11-4-2-1-3-5-11/h1-9H,10H2. The molecule has 2 aromatic carbocycles. The van der Waals surface area contributed by atoms with Crippen molar-refractivity contribution < 1.29 is 0 Å². The summed E-state index contributed by atoms with van der Waals surface area (Å²) in [6, 6.07) is 18.3. The van der Waals surface area contributed by atoms with Crippen LogP contribution in [0.4, 0.5) is 0 Å². The van der Waals surface area contributed by atoms with Gasteiger partial charge in [-0.25, -0.2) is 0 Å². The van der Waals surface area contributed by atoms with Crippen molar-refractivity contribution in [3.63, 3.8) is 0 Å². The summed E-state index contributed by atoms with van der Waals surface area (Å²) >= 11 is 3.31. The lowest BCUT2D eigenvalue weighted by atomic mass is 10.1. The van der Waals surface area contributed by atoms with Crippen LogP contribution in [0.3, 0.4) is 0 Å². The molecular formula is C14H11BrN4. The van der Waals surface area contributed by atoms with E-state index in [1.54, 1.807) is 0 Å². The average molecular weight is 315 g/mol. The first kappa shape index (κ1) is 12.0. The number of benzene rings is 2. The van der Waals surface area contributed by atoms with Gasteiger partial charge in [-0.2, -0.15) is 0 Å². The first-order valence-corrected chi connectivity index (χ1v) is 7.00. The monoisotopic (exact) mass is 314 g/mol. The lowest BCUT2D eigenvalue weighted by molar-refractivity contribution is 0.719. The molecule has 0 amide bonds. The van der Waals surface area contributed by atoms with Crippen LogP contribution in [0.15, 0.2) is 54.6 Å². The zero-order chi connectivity index (χ0) is 13.1. The van der Waals surface area contributed by atoms with Crippen molar-refractivity contribution in [1.82, 2.24) is 20.2 Å². The highest BCUT2D eigenvalue weighted by Crippen LogP contribution is 2.20. The van der Waals surface area contributed by atoms with Crippen LogP contribution in [-0.4, -0.2) is 20.2 Å². The Morgan fingerprint density at radius 1 is 0.895 bits per heavy atom. The quantitative estimate of drug-likeness (QED) is 0.697. The Bertz CT molecular complexity index is 661. The molecule has 0 fully saturated rings. The van der Waals surface area contributed by atoms with Crippen LogP contribution in [-0.2, 0) is 5.33 Å². The molecule has 0 radical (unpaired) electrons. The van der Waals surface area contributed by atoms with Crippen molar-refractivity contribution in [1.29, 1.82) is 0 Å². The molecule has 4 nitrogen and oxygen atoms in total. The molecule has 0 spiro atoms. The van der Waals surface area contributed by atoms with E-state index in [0.717, 1.165) is 5.69 Å². The van der Waals surface area contributed by atoms with Gasteiger partial charge < -0.3 is 0 Å². The fraction of sp³-hybridized carbons (Fsp3) is 0.0714. The molecule has 19 heavy (non-hydrogen) atoms. The van der Waals surface area contributed by atoms with Gasteiger partial charge in [0, 0.05) is 0 Å². The number of nitrogens with zero attached hydrogens (tertiary/aromatic N) is 4. The molecule has 0 saturated carbocycles. The first-order valence-electron chi connectivity index (χ1n) is 5.87. The van der Waals surface area contributed by atoms with Gasteiger partial charge in [-0.1, -0.05) is 58.4 Å². The van der Waals surface area contributed by atoms with E-state index >= 15 is 0 Å². The molecule has 0 bridgehead atoms. The van der Waals surface area contributed by atoms with Gasteiger partial charge in [-0.3, -0.25) is 0 Å². The summed E-state index contributed by atoms with van der Waals surface area (Å²) in [5.41, 5.74) is 3.27. The maximum atomic E-state index is 4.25. The van der Waals surface area contributed by atoms with Crippen molar-refractivity contribution in [3.05, 3.63) is 60.4 Å². The van der Waals surface area contributed by atoms with Crippen LogP contribution >= 0.6 is 15.9 Å². The van der Waals surface area contributed by atoms with Crippen LogP contribution in [0, 0.1) is 0 Å². The summed E-state index contributed by atoms with van der Waals surface area (Å²) in [5, 5.41) is 12.8. The number of hydrogen-bond donors (Lipinski definition) is 0. The zero-order valence-electron chi connectivity index (χ0n) is 10.1. The van der Waals surface area contributed by atoms with Gasteiger partial charge in [0.15, 0.2) is 5.82 Å². The summed E-state index contributed by atoms with van der Waals surface area (Å²) in [7, 11) is 0. The molecule has 0 aliphatic heterocycles. The summed E-state index contributed by atoms with van der Waals surface area (Å²) in [4.78, 5) is 1.53. The maximum Gasteiger partial charge on any atom is 0.185 e. The van der Waals surface area contributed by atoms with Crippen LogP contribution in [0.25, 0.3) is 16.8 Å². The Kier molecular flexibility index (Phi) is 3.37. The molecule has 0 aliphatic rings. The predicted molar refractivity (Wildman–Crippen MR) is 77.2 cm³/mol. The lowest BCUT2D eigenvalue weighted by Gasteiger charge is -2.03. The summed E-state index contributed by atoms with van der Waals surface area (Å²) in [6.07, 6.45) is 0. The molecular weight excluding hydrogens is 304 g/mol. The normalized spacial score (nSPS) is 10.6. The van der Waals surface area contributed by atoms with Gasteiger partial charge in [-0.15, -0.1) is 15.0 Å². The topological polar surface area (TPSA) is 43.6 Å². The minimum atomic E-state index is 0.606. The van der Waals surface area contributed by atoms with Crippen molar-refractivity contribution in [3.8, 4) is 16.8 Å². The highest BCUT2D eigenvalue weighted by atomic mass is 79.9. The second kappa shape index (κ2) is 5.32. The highest BCUT2D eigenvalue weighted by Gasteiger charge is 2.03. The van der Waals surface area contributed by atoms with Gasteiger partial charge >= 0.3 is 0 Å². The van der Waals surface area contributed by atoms with Crippen LogP contribution in [0.2, 0.25) is 0 Å². The van der Waals surface area contributed by atoms with Crippen molar-refractivity contribution in [2.24, 2.45) is 0 Å². The third kappa shape index (κ3) is 2.56. The Morgan fingerprint density at radius 3 is 2.21 bits per heavy atom. The molecule has 0 saturated heterocycles. The second-order valence-corrected chi connectivity index (χ2v) is 4.60. The Balaban J connectivity index is 1.90. The number of alkyl halides is 1. The minimum Gasteiger partial charge on any atom is -0.131 e. The molecule has 0 unspecified atom stereocenters. The van der Waals surface area contributed by atoms with E-state index < -0.39 is 0 Å². The van der Waals surface area contributed by atoms with Gasteiger partial charge in [0.2, 0.25) is 0 Å². The molecule has 1 heterocycles. The molecule has 94 valence electrons. The molecule has 5 heteroatoms. The van der Waals surface area contributed by atoms with Gasteiger partial charge in [0.05, 0.1) is 11.0 Å². The third-order valence-electron chi connectivity index (χ3n) is 2.78. The molecule has 3 aromatic rings. The fourth-order valence-corrected chi connectivity index (χ4v) is 2.05. The fourth-order valence-electron chi connectivity index (χ4n) is 1.82. The van der Waals surface area contributed by atoms with E-state index in [1.165, 1.54) is 15.9 Å². The Morgan fingerprint density at radius 2 is 1.58 bits per heavy atom. The Hall–Kier alpha value is -2.01. The van der Waals surface area contributed by atoms with E-state index in [1.807, 2.05) is 30.3 Å². The summed E-state index contributed by atoms with van der Waals surface area (Å²) < 4.78 is 0. The maximum absolute atomic E-state index is 4.25. The SMILES string of the molecule is BrCc1nnn(-c2ccc(-c3ccccc3)cc2)n1. The lowest BCUT2D eigenvalue weighted by Crippen LogP contribution is -1.98. The van der Waals surface area contributed by atoms with Crippen LogP contribution in [0.1, 0.15) is 5.82 Å². The van der Waals surface area contributed by atoms with Crippen molar-refractivity contribution >= 4 is 15.9 Å². The van der Waals surface area contributed by atoms with E-state index in [0.29, 0.717) is 11.2 Å². The number of hydrogen-bond acceptors (Lipinski definition) is 3. The van der Waals surface area contributed by atoms with E-state index in [4.69, 9.17) is 0 Å². The average Bonchev–Trinajstić information content (AvgIpc) is 2.97. The van der Waals surface area contributed by atoms with Gasteiger partial charge in [-0.05, 0) is 28.5 Å². The number of aromatic nitrogens is 4. The van der Waals surface area contributed by atoms with E-state index in [-0.39, 0.29) is 0 Å². The van der Waals surface area contributed by atoms with Crippen molar-refractivity contribution in [2.45, 2.75) is 5.33 Å². The Labute approximate surface area is 119 Å².